The Balaban J connectivity index is 0.00000338. The van der Waals surface area contributed by atoms with Crippen LogP contribution in [0.2, 0.25) is 0 Å². The second kappa shape index (κ2) is 13.3. The zero-order valence-corrected chi connectivity index (χ0v) is 18.2. The van der Waals surface area contributed by atoms with Gasteiger partial charge in [0.25, 0.3) is 0 Å². The first-order valence-corrected chi connectivity index (χ1v) is 9.24. The van der Waals surface area contributed by atoms with E-state index in [1.54, 1.807) is 0 Å². The molecule has 0 aromatic heterocycles. The molecular weight excluding hydrogens is 443 g/mol. The van der Waals surface area contributed by atoms with Crippen LogP contribution in [0.15, 0.2) is 35.3 Å². The first-order valence-electron chi connectivity index (χ1n) is 9.24. The highest BCUT2D eigenvalue weighted by atomic mass is 127. The largest absolute Gasteiger partial charge is 0.396 e. The molecule has 1 aliphatic heterocycles. The maximum absolute atomic E-state index is 9.69. The smallest absolute Gasteiger partial charge is 0.191 e. The average molecular weight is 476 g/mol. The quantitative estimate of drug-likeness (QED) is 0.303. The maximum atomic E-state index is 9.69. The van der Waals surface area contributed by atoms with Crippen LogP contribution in [0, 0.1) is 0 Å². The van der Waals surface area contributed by atoms with Crippen molar-refractivity contribution in [2.24, 2.45) is 4.99 Å². The number of guanidine groups is 1. The monoisotopic (exact) mass is 476 g/mol. The minimum Gasteiger partial charge on any atom is -0.396 e. The van der Waals surface area contributed by atoms with E-state index >= 15 is 0 Å². The van der Waals surface area contributed by atoms with Gasteiger partial charge in [-0.15, -0.1) is 24.0 Å². The van der Waals surface area contributed by atoms with Crippen LogP contribution in [0.1, 0.15) is 25.3 Å². The zero-order chi connectivity index (χ0) is 17.9. The molecule has 0 radical (unpaired) electrons. The third-order valence-electron chi connectivity index (χ3n) is 4.53. The lowest BCUT2D eigenvalue weighted by molar-refractivity contribution is 0.0220. The molecular formula is C19H33IN4O2. The van der Waals surface area contributed by atoms with Crippen molar-refractivity contribution in [1.82, 2.24) is 15.5 Å². The molecule has 6 nitrogen and oxygen atoms in total. The summed E-state index contributed by atoms with van der Waals surface area (Å²) in [4.78, 5) is 7.13. The molecule has 0 bridgehead atoms. The Labute approximate surface area is 174 Å². The highest BCUT2D eigenvalue weighted by Crippen LogP contribution is 2.13. The number of nitrogens with one attached hydrogen (secondary N) is 2. The van der Waals surface area contributed by atoms with Gasteiger partial charge in [0.2, 0.25) is 0 Å². The second-order valence-corrected chi connectivity index (χ2v) is 6.39. The summed E-state index contributed by atoms with van der Waals surface area (Å²) in [7, 11) is 0. The fraction of sp³-hybridized carbons (Fsp3) is 0.632. The summed E-state index contributed by atoms with van der Waals surface area (Å²) in [5.41, 5.74) is 1.13. The molecule has 0 spiro atoms. The van der Waals surface area contributed by atoms with Gasteiger partial charge in [0.15, 0.2) is 5.96 Å². The zero-order valence-electron chi connectivity index (χ0n) is 15.9. The standard InChI is InChI=1S/C19H32N4O2.HI/c1-3-20-19(21-13-16(2)23-9-11-25-12-10-23)22-14-18(15-24)17-7-5-4-6-8-17;/h4-8,16,18,24H,3,9-15H2,1-2H3,(H2,20,21,22);1H. The van der Waals surface area contributed by atoms with E-state index in [0.29, 0.717) is 12.6 Å². The highest BCUT2D eigenvalue weighted by Gasteiger charge is 2.17. The van der Waals surface area contributed by atoms with Crippen LogP contribution >= 0.6 is 24.0 Å². The molecule has 26 heavy (non-hydrogen) atoms. The Morgan fingerprint density at radius 1 is 1.23 bits per heavy atom. The number of ether oxygens (including phenoxy) is 1. The Kier molecular flexibility index (Phi) is 11.8. The first-order chi connectivity index (χ1) is 12.2. The first kappa shape index (κ1) is 23.1. The number of aliphatic hydroxyl groups excluding tert-OH is 1. The number of hydrogen-bond donors (Lipinski definition) is 3. The molecule has 7 heteroatoms. The van der Waals surface area contributed by atoms with Gasteiger partial charge in [0, 0.05) is 38.1 Å². The van der Waals surface area contributed by atoms with Crippen LogP contribution in [0.4, 0.5) is 0 Å². The summed E-state index contributed by atoms with van der Waals surface area (Å²) < 4.78 is 5.41. The minimum absolute atomic E-state index is 0. The molecule has 1 aromatic carbocycles. The number of benzene rings is 1. The number of aliphatic hydroxyl groups is 1. The number of aliphatic imine (C=N–C) groups is 1. The molecule has 2 unspecified atom stereocenters. The van der Waals surface area contributed by atoms with Crippen molar-refractivity contribution in [3.63, 3.8) is 0 Å². The van der Waals surface area contributed by atoms with E-state index < -0.39 is 0 Å². The lowest BCUT2D eigenvalue weighted by atomic mass is 10.0. The molecule has 0 amide bonds. The fourth-order valence-corrected chi connectivity index (χ4v) is 2.93. The average Bonchev–Trinajstić information content (AvgIpc) is 2.67. The van der Waals surface area contributed by atoms with Crippen molar-refractivity contribution in [1.29, 1.82) is 0 Å². The summed E-state index contributed by atoms with van der Waals surface area (Å²) in [6, 6.07) is 10.5. The van der Waals surface area contributed by atoms with E-state index in [1.807, 2.05) is 30.3 Å². The van der Waals surface area contributed by atoms with Crippen LogP contribution in [-0.2, 0) is 4.74 Å². The van der Waals surface area contributed by atoms with Gasteiger partial charge in [-0.05, 0) is 19.4 Å². The van der Waals surface area contributed by atoms with Crippen molar-refractivity contribution < 1.29 is 9.84 Å². The van der Waals surface area contributed by atoms with E-state index in [9.17, 15) is 5.11 Å². The third-order valence-corrected chi connectivity index (χ3v) is 4.53. The molecule has 1 heterocycles. The van der Waals surface area contributed by atoms with Crippen molar-refractivity contribution >= 4 is 29.9 Å². The predicted molar refractivity (Wildman–Crippen MR) is 118 cm³/mol. The summed E-state index contributed by atoms with van der Waals surface area (Å²) >= 11 is 0. The molecule has 1 aliphatic rings. The van der Waals surface area contributed by atoms with Gasteiger partial charge in [-0.25, -0.2) is 0 Å². The van der Waals surface area contributed by atoms with Crippen LogP contribution < -0.4 is 10.6 Å². The summed E-state index contributed by atoms with van der Waals surface area (Å²) in [5, 5.41) is 16.3. The van der Waals surface area contributed by atoms with E-state index in [2.05, 4.69) is 29.4 Å². The Morgan fingerprint density at radius 2 is 1.92 bits per heavy atom. The summed E-state index contributed by atoms with van der Waals surface area (Å²) in [6.45, 7) is 10.1. The van der Waals surface area contributed by atoms with E-state index in [1.165, 1.54) is 0 Å². The van der Waals surface area contributed by atoms with Crippen LogP contribution in [0.3, 0.4) is 0 Å². The molecule has 3 N–H and O–H groups in total. The topological polar surface area (TPSA) is 69.1 Å². The number of nitrogens with zero attached hydrogens (tertiary/aromatic N) is 2. The van der Waals surface area contributed by atoms with Gasteiger partial charge < -0.3 is 20.5 Å². The molecule has 0 aliphatic carbocycles. The Morgan fingerprint density at radius 3 is 2.54 bits per heavy atom. The van der Waals surface area contributed by atoms with Crippen molar-refractivity contribution in [3.05, 3.63) is 35.9 Å². The molecule has 1 fully saturated rings. The lowest BCUT2D eigenvalue weighted by Gasteiger charge is -2.31. The number of halogens is 1. The molecule has 2 rings (SSSR count). The van der Waals surface area contributed by atoms with Gasteiger partial charge >= 0.3 is 0 Å². The second-order valence-electron chi connectivity index (χ2n) is 6.39. The van der Waals surface area contributed by atoms with E-state index in [0.717, 1.165) is 50.9 Å². The normalized spacial score (nSPS) is 17.9. The number of morpholine rings is 1. The van der Waals surface area contributed by atoms with Crippen molar-refractivity contribution in [2.45, 2.75) is 25.8 Å². The van der Waals surface area contributed by atoms with E-state index in [4.69, 9.17) is 9.73 Å². The van der Waals surface area contributed by atoms with Gasteiger partial charge in [-0.2, -0.15) is 0 Å². The SMILES string of the molecule is CCNC(=NCC(C)N1CCOCC1)NCC(CO)c1ccccc1.I. The third kappa shape index (κ3) is 7.77. The highest BCUT2D eigenvalue weighted by molar-refractivity contribution is 14.0. The van der Waals surface area contributed by atoms with E-state index in [-0.39, 0.29) is 36.5 Å². The molecule has 148 valence electrons. The minimum atomic E-state index is 0. The molecule has 0 saturated carbocycles. The number of rotatable bonds is 8. The summed E-state index contributed by atoms with van der Waals surface area (Å²) in [6.07, 6.45) is 0. The van der Waals surface area contributed by atoms with Gasteiger partial charge in [-0.3, -0.25) is 9.89 Å². The Hall–Kier alpha value is -0.900. The summed E-state index contributed by atoms with van der Waals surface area (Å²) in [5.74, 6) is 0.860. The molecule has 1 saturated heterocycles. The Bertz CT molecular complexity index is 510. The maximum Gasteiger partial charge on any atom is 0.191 e. The van der Waals surface area contributed by atoms with Gasteiger partial charge in [0.05, 0.1) is 26.4 Å². The lowest BCUT2D eigenvalue weighted by Crippen LogP contribution is -2.45. The van der Waals surface area contributed by atoms with Gasteiger partial charge in [-0.1, -0.05) is 30.3 Å². The fourth-order valence-electron chi connectivity index (χ4n) is 2.93. The predicted octanol–water partition coefficient (Wildman–Crippen LogP) is 1.66. The molecule has 2 atom stereocenters. The van der Waals surface area contributed by atoms with Crippen LogP contribution in [-0.4, -0.2) is 74.6 Å². The van der Waals surface area contributed by atoms with Gasteiger partial charge in [0.1, 0.15) is 0 Å². The van der Waals surface area contributed by atoms with Crippen LogP contribution in [0.5, 0.6) is 0 Å². The number of hydrogen-bond acceptors (Lipinski definition) is 4. The molecule has 1 aromatic rings. The van der Waals surface area contributed by atoms with Crippen molar-refractivity contribution in [3.8, 4) is 0 Å². The van der Waals surface area contributed by atoms with Crippen molar-refractivity contribution in [2.75, 3.05) is 52.5 Å². The van der Waals surface area contributed by atoms with Crippen LogP contribution in [0.25, 0.3) is 0 Å².